The molecule has 0 unspecified atom stereocenters. The molecule has 106 valence electrons. The van der Waals surface area contributed by atoms with Crippen molar-refractivity contribution in [2.75, 3.05) is 39.3 Å². The highest BCUT2D eigenvalue weighted by atomic mass is 32.1. The average Bonchev–Trinajstić information content (AvgIpc) is 2.78. The molecule has 1 aromatic rings. The molecule has 2 heterocycles. The number of aliphatic hydroxyl groups is 1. The highest BCUT2D eigenvalue weighted by molar-refractivity contribution is 7.12. The summed E-state index contributed by atoms with van der Waals surface area (Å²) in [6.07, 6.45) is 1.90. The zero-order chi connectivity index (χ0) is 13.7. The van der Waals surface area contributed by atoms with E-state index in [1.807, 2.05) is 16.3 Å². The van der Waals surface area contributed by atoms with E-state index in [9.17, 15) is 4.79 Å². The van der Waals surface area contributed by atoms with Crippen molar-refractivity contribution in [2.45, 2.75) is 19.8 Å². The van der Waals surface area contributed by atoms with E-state index in [1.165, 1.54) is 0 Å². The van der Waals surface area contributed by atoms with Gasteiger partial charge in [-0.25, -0.2) is 0 Å². The van der Waals surface area contributed by atoms with Crippen LogP contribution in [0.15, 0.2) is 11.4 Å². The molecule has 19 heavy (non-hydrogen) atoms. The number of aliphatic hydroxyl groups excluding tert-OH is 1. The third kappa shape index (κ3) is 3.55. The fourth-order valence-electron chi connectivity index (χ4n) is 2.48. The molecule has 2 rings (SSSR count). The number of hydrogen-bond donors (Lipinski definition) is 1. The Morgan fingerprint density at radius 2 is 2.21 bits per heavy atom. The lowest BCUT2D eigenvalue weighted by Crippen LogP contribution is -2.35. The molecule has 1 aliphatic rings. The van der Waals surface area contributed by atoms with Crippen LogP contribution in [0.2, 0.25) is 0 Å². The molecule has 0 radical (unpaired) electrons. The van der Waals surface area contributed by atoms with E-state index in [1.54, 1.807) is 11.3 Å². The Hall–Kier alpha value is -0.910. The summed E-state index contributed by atoms with van der Waals surface area (Å²) in [5, 5.41) is 11.0. The molecule has 4 nitrogen and oxygen atoms in total. The molecule has 0 saturated carbocycles. The van der Waals surface area contributed by atoms with Gasteiger partial charge in [-0.2, -0.15) is 0 Å². The molecule has 1 amide bonds. The normalized spacial score (nSPS) is 17.5. The Balaban J connectivity index is 2.00. The van der Waals surface area contributed by atoms with Gasteiger partial charge in [-0.3, -0.25) is 9.69 Å². The smallest absolute Gasteiger partial charge is 0.264 e. The minimum atomic E-state index is 0.178. The summed E-state index contributed by atoms with van der Waals surface area (Å²) in [5.41, 5.74) is 1.16. The van der Waals surface area contributed by atoms with Crippen LogP contribution in [0.1, 0.15) is 28.6 Å². The van der Waals surface area contributed by atoms with Gasteiger partial charge < -0.3 is 10.0 Å². The van der Waals surface area contributed by atoms with Crippen LogP contribution in [0.4, 0.5) is 0 Å². The summed E-state index contributed by atoms with van der Waals surface area (Å²) in [4.78, 5) is 17.6. The van der Waals surface area contributed by atoms with Crippen molar-refractivity contribution in [3.63, 3.8) is 0 Å². The molecule has 1 aliphatic heterocycles. The maximum atomic E-state index is 12.5. The molecule has 0 spiro atoms. The standard InChI is InChI=1S/C14H22N2O2S/c1-2-12-4-11-19-13(12)14(18)16-6-3-5-15(7-8-16)9-10-17/h4,11,17H,2-3,5-10H2,1H3. The van der Waals surface area contributed by atoms with Crippen molar-refractivity contribution in [1.82, 2.24) is 9.80 Å². The van der Waals surface area contributed by atoms with E-state index in [2.05, 4.69) is 11.8 Å². The molecule has 1 fully saturated rings. The Morgan fingerprint density at radius 1 is 1.37 bits per heavy atom. The largest absolute Gasteiger partial charge is 0.395 e. The van der Waals surface area contributed by atoms with E-state index in [0.29, 0.717) is 6.54 Å². The van der Waals surface area contributed by atoms with Crippen molar-refractivity contribution in [3.8, 4) is 0 Å². The quantitative estimate of drug-likeness (QED) is 0.909. The minimum absolute atomic E-state index is 0.178. The summed E-state index contributed by atoms with van der Waals surface area (Å²) in [6.45, 7) is 6.40. The van der Waals surface area contributed by atoms with Crippen LogP contribution >= 0.6 is 11.3 Å². The van der Waals surface area contributed by atoms with Crippen LogP contribution in [-0.4, -0.2) is 60.1 Å². The zero-order valence-electron chi connectivity index (χ0n) is 11.5. The second kappa shape index (κ2) is 7.03. The van der Waals surface area contributed by atoms with E-state index < -0.39 is 0 Å². The van der Waals surface area contributed by atoms with Crippen molar-refractivity contribution in [2.24, 2.45) is 0 Å². The number of β-amino-alcohol motifs (C(OH)–C–C–N with tert-alkyl or cyclic N) is 1. The Kier molecular flexibility index (Phi) is 5.36. The topological polar surface area (TPSA) is 43.8 Å². The Morgan fingerprint density at radius 3 is 2.95 bits per heavy atom. The molecule has 5 heteroatoms. The molecule has 0 aliphatic carbocycles. The van der Waals surface area contributed by atoms with E-state index in [-0.39, 0.29) is 12.5 Å². The Bertz CT molecular complexity index is 419. The van der Waals surface area contributed by atoms with Gasteiger partial charge in [0.05, 0.1) is 11.5 Å². The number of nitrogens with zero attached hydrogens (tertiary/aromatic N) is 2. The number of amides is 1. The van der Waals surface area contributed by atoms with E-state index >= 15 is 0 Å². The zero-order valence-corrected chi connectivity index (χ0v) is 12.3. The second-order valence-electron chi connectivity index (χ2n) is 4.84. The highest BCUT2D eigenvalue weighted by Gasteiger charge is 2.22. The first-order valence-corrected chi connectivity index (χ1v) is 7.83. The first kappa shape index (κ1) is 14.5. The van der Waals surface area contributed by atoms with Gasteiger partial charge in [0.1, 0.15) is 0 Å². The third-order valence-corrected chi connectivity index (χ3v) is 4.56. The predicted octanol–water partition coefficient (Wildman–Crippen LogP) is 1.45. The van der Waals surface area contributed by atoms with E-state index in [0.717, 1.165) is 49.5 Å². The number of thiophene rings is 1. The number of carbonyl (C=O) groups is 1. The van der Waals surface area contributed by atoms with Gasteiger partial charge in [0.15, 0.2) is 0 Å². The number of aryl methyl sites for hydroxylation is 1. The first-order chi connectivity index (χ1) is 9.26. The fourth-order valence-corrected chi connectivity index (χ4v) is 3.45. The second-order valence-corrected chi connectivity index (χ2v) is 5.76. The van der Waals surface area contributed by atoms with E-state index in [4.69, 9.17) is 5.11 Å². The van der Waals surface area contributed by atoms with Crippen molar-refractivity contribution in [1.29, 1.82) is 0 Å². The Labute approximate surface area is 118 Å². The van der Waals surface area contributed by atoms with Crippen LogP contribution < -0.4 is 0 Å². The molecule has 0 bridgehead atoms. The van der Waals surface area contributed by atoms with Crippen LogP contribution in [0.5, 0.6) is 0 Å². The van der Waals surface area contributed by atoms with Crippen molar-refractivity contribution >= 4 is 17.2 Å². The van der Waals surface area contributed by atoms with Crippen LogP contribution in [0.25, 0.3) is 0 Å². The lowest BCUT2D eigenvalue weighted by molar-refractivity contribution is 0.0764. The number of hydrogen-bond acceptors (Lipinski definition) is 4. The SMILES string of the molecule is CCc1ccsc1C(=O)N1CCCN(CCO)CC1. The average molecular weight is 282 g/mol. The summed E-state index contributed by atoms with van der Waals surface area (Å²) >= 11 is 1.55. The summed E-state index contributed by atoms with van der Waals surface area (Å²) < 4.78 is 0. The van der Waals surface area contributed by atoms with Crippen molar-refractivity contribution in [3.05, 3.63) is 21.9 Å². The molecule has 1 N–H and O–H groups in total. The van der Waals surface area contributed by atoms with Gasteiger partial charge in [-0.1, -0.05) is 6.92 Å². The van der Waals surface area contributed by atoms with Gasteiger partial charge in [-0.05, 0) is 36.4 Å². The first-order valence-electron chi connectivity index (χ1n) is 6.95. The predicted molar refractivity (Wildman–Crippen MR) is 77.7 cm³/mol. The lowest BCUT2D eigenvalue weighted by atomic mass is 10.2. The van der Waals surface area contributed by atoms with Gasteiger partial charge in [0.2, 0.25) is 0 Å². The number of rotatable bonds is 4. The molecule has 0 atom stereocenters. The monoisotopic (exact) mass is 282 g/mol. The van der Waals surface area contributed by atoms with Gasteiger partial charge in [-0.15, -0.1) is 11.3 Å². The van der Waals surface area contributed by atoms with Gasteiger partial charge in [0.25, 0.3) is 5.91 Å². The number of carbonyl (C=O) groups excluding carboxylic acids is 1. The third-order valence-electron chi connectivity index (χ3n) is 3.61. The fraction of sp³-hybridized carbons (Fsp3) is 0.643. The van der Waals surface area contributed by atoms with Gasteiger partial charge >= 0.3 is 0 Å². The lowest BCUT2D eigenvalue weighted by Gasteiger charge is -2.21. The van der Waals surface area contributed by atoms with Gasteiger partial charge in [0, 0.05) is 26.2 Å². The maximum absolute atomic E-state index is 12.5. The highest BCUT2D eigenvalue weighted by Crippen LogP contribution is 2.20. The van der Waals surface area contributed by atoms with Crippen LogP contribution in [0, 0.1) is 0 Å². The summed E-state index contributed by atoms with van der Waals surface area (Å²) in [7, 11) is 0. The molecular formula is C14H22N2O2S. The molecule has 0 aromatic carbocycles. The molecule has 1 aromatic heterocycles. The van der Waals surface area contributed by atoms with Crippen molar-refractivity contribution < 1.29 is 9.90 Å². The minimum Gasteiger partial charge on any atom is -0.395 e. The van der Waals surface area contributed by atoms with Crippen LogP contribution in [0.3, 0.4) is 0 Å². The summed E-state index contributed by atoms with van der Waals surface area (Å²) in [6, 6.07) is 2.05. The molecule has 1 saturated heterocycles. The van der Waals surface area contributed by atoms with Crippen LogP contribution in [-0.2, 0) is 6.42 Å². The summed E-state index contributed by atoms with van der Waals surface area (Å²) in [5.74, 6) is 0.178. The molecular weight excluding hydrogens is 260 g/mol. The maximum Gasteiger partial charge on any atom is 0.264 e.